The molecule has 0 saturated carbocycles. The number of halogens is 1. The second kappa shape index (κ2) is 2.45. The van der Waals surface area contributed by atoms with Gasteiger partial charge in [-0.1, -0.05) is 11.6 Å². The molecule has 4 heteroatoms. The van der Waals surface area contributed by atoms with Crippen molar-refractivity contribution in [2.75, 3.05) is 5.73 Å². The van der Waals surface area contributed by atoms with E-state index in [2.05, 4.69) is 0 Å². The molecule has 0 saturated heterocycles. The minimum atomic E-state index is -0.679. The average molecular weight is 200 g/mol. The second-order valence-corrected chi connectivity index (χ2v) is 3.81. The molecular formula is C9H10ClNO2. The van der Waals surface area contributed by atoms with Gasteiger partial charge in [-0.05, 0) is 12.1 Å². The molecule has 1 aromatic rings. The normalized spacial score (nSPS) is 17.5. The molecule has 0 spiro atoms. The number of nitrogens with two attached hydrogens (primary N) is 1. The Bertz CT molecular complexity index is 330. The molecule has 0 amide bonds. The number of benzene rings is 1. The van der Waals surface area contributed by atoms with Crippen LogP contribution in [0.1, 0.15) is 13.8 Å². The molecule has 0 fully saturated rings. The lowest BCUT2D eigenvalue weighted by Crippen LogP contribution is -2.29. The number of hydrogen-bond donors (Lipinski definition) is 1. The Balaban J connectivity index is 2.56. The maximum absolute atomic E-state index is 5.91. The average Bonchev–Trinajstić information content (AvgIpc) is 2.35. The quantitative estimate of drug-likeness (QED) is 0.653. The predicted molar refractivity (Wildman–Crippen MR) is 51.2 cm³/mol. The first kappa shape index (κ1) is 8.51. The van der Waals surface area contributed by atoms with E-state index in [1.807, 2.05) is 13.8 Å². The van der Waals surface area contributed by atoms with Gasteiger partial charge in [-0.3, -0.25) is 0 Å². The van der Waals surface area contributed by atoms with Crippen LogP contribution in [0.4, 0.5) is 5.69 Å². The standard InChI is InChI=1S/C9H10ClNO2/c1-9(2)12-7-5(10)3-4-6(11)8(7)13-9/h3-4H,11H2,1-2H3. The van der Waals surface area contributed by atoms with Crippen LogP contribution in [0, 0.1) is 0 Å². The van der Waals surface area contributed by atoms with Crippen LogP contribution in [0.25, 0.3) is 0 Å². The van der Waals surface area contributed by atoms with E-state index in [-0.39, 0.29) is 0 Å². The largest absolute Gasteiger partial charge is 0.447 e. The van der Waals surface area contributed by atoms with Crippen LogP contribution in [0.2, 0.25) is 5.02 Å². The van der Waals surface area contributed by atoms with Gasteiger partial charge in [0.15, 0.2) is 11.5 Å². The Morgan fingerprint density at radius 3 is 2.46 bits per heavy atom. The van der Waals surface area contributed by atoms with E-state index in [1.54, 1.807) is 12.1 Å². The first-order valence-electron chi connectivity index (χ1n) is 3.95. The Morgan fingerprint density at radius 2 is 1.85 bits per heavy atom. The van der Waals surface area contributed by atoms with E-state index < -0.39 is 5.79 Å². The zero-order valence-corrected chi connectivity index (χ0v) is 8.18. The monoisotopic (exact) mass is 199 g/mol. The van der Waals surface area contributed by atoms with E-state index in [0.29, 0.717) is 22.2 Å². The third-order valence-electron chi connectivity index (χ3n) is 1.79. The van der Waals surface area contributed by atoms with Crippen molar-refractivity contribution < 1.29 is 9.47 Å². The van der Waals surface area contributed by atoms with Crippen molar-refractivity contribution in [2.45, 2.75) is 19.6 Å². The summed E-state index contributed by atoms with van der Waals surface area (Å²) in [6.45, 7) is 3.62. The molecule has 2 rings (SSSR count). The van der Waals surface area contributed by atoms with Crippen molar-refractivity contribution in [3.8, 4) is 11.5 Å². The molecule has 1 heterocycles. The molecule has 0 radical (unpaired) electrons. The topological polar surface area (TPSA) is 44.5 Å². The van der Waals surface area contributed by atoms with Gasteiger partial charge in [0.2, 0.25) is 5.79 Å². The number of anilines is 1. The molecule has 0 bridgehead atoms. The van der Waals surface area contributed by atoms with Gasteiger partial charge in [0.25, 0.3) is 0 Å². The molecule has 3 nitrogen and oxygen atoms in total. The van der Waals surface area contributed by atoms with Crippen LogP contribution in [0.5, 0.6) is 11.5 Å². The summed E-state index contributed by atoms with van der Waals surface area (Å²) in [4.78, 5) is 0. The molecule has 0 atom stereocenters. The fourth-order valence-electron chi connectivity index (χ4n) is 1.27. The summed E-state index contributed by atoms with van der Waals surface area (Å²) in [6.07, 6.45) is 0. The minimum absolute atomic E-state index is 0.523. The molecule has 0 aromatic heterocycles. The maximum Gasteiger partial charge on any atom is 0.246 e. The van der Waals surface area contributed by atoms with E-state index >= 15 is 0 Å². The minimum Gasteiger partial charge on any atom is -0.447 e. The van der Waals surface area contributed by atoms with Crippen LogP contribution in [0.15, 0.2) is 12.1 Å². The fraction of sp³-hybridized carbons (Fsp3) is 0.333. The molecule has 70 valence electrons. The highest BCUT2D eigenvalue weighted by atomic mass is 35.5. The number of ether oxygens (including phenoxy) is 2. The molecule has 13 heavy (non-hydrogen) atoms. The van der Waals surface area contributed by atoms with Crippen molar-refractivity contribution in [1.29, 1.82) is 0 Å². The lowest BCUT2D eigenvalue weighted by Gasteiger charge is -2.16. The number of fused-ring (bicyclic) bond motifs is 1. The highest BCUT2D eigenvalue weighted by Crippen LogP contribution is 2.47. The summed E-state index contributed by atoms with van der Waals surface area (Å²) in [7, 11) is 0. The van der Waals surface area contributed by atoms with Crippen LogP contribution in [-0.4, -0.2) is 5.79 Å². The summed E-state index contributed by atoms with van der Waals surface area (Å²) in [6, 6.07) is 3.40. The first-order valence-corrected chi connectivity index (χ1v) is 4.33. The van der Waals surface area contributed by atoms with Crippen molar-refractivity contribution >= 4 is 17.3 Å². The SMILES string of the molecule is CC1(C)Oc2c(N)ccc(Cl)c2O1. The molecule has 0 unspecified atom stereocenters. The van der Waals surface area contributed by atoms with Gasteiger partial charge in [0.1, 0.15) is 0 Å². The van der Waals surface area contributed by atoms with Gasteiger partial charge < -0.3 is 15.2 Å². The third kappa shape index (κ3) is 1.29. The van der Waals surface area contributed by atoms with Crippen molar-refractivity contribution in [2.24, 2.45) is 0 Å². The molecule has 1 aromatic carbocycles. The number of hydrogen-bond acceptors (Lipinski definition) is 3. The number of nitrogen functional groups attached to an aromatic ring is 1. The van der Waals surface area contributed by atoms with Crippen molar-refractivity contribution in [1.82, 2.24) is 0 Å². The van der Waals surface area contributed by atoms with E-state index in [1.165, 1.54) is 0 Å². The van der Waals surface area contributed by atoms with Gasteiger partial charge in [-0.15, -0.1) is 0 Å². The maximum atomic E-state index is 5.91. The highest BCUT2D eigenvalue weighted by molar-refractivity contribution is 6.32. The van der Waals surface area contributed by atoms with Gasteiger partial charge in [-0.2, -0.15) is 0 Å². The number of rotatable bonds is 0. The van der Waals surface area contributed by atoms with Crippen LogP contribution in [-0.2, 0) is 0 Å². The van der Waals surface area contributed by atoms with Crippen LogP contribution >= 0.6 is 11.6 Å². The summed E-state index contributed by atoms with van der Waals surface area (Å²) >= 11 is 5.91. The van der Waals surface area contributed by atoms with Crippen LogP contribution < -0.4 is 15.2 Å². The smallest absolute Gasteiger partial charge is 0.246 e. The van der Waals surface area contributed by atoms with Crippen LogP contribution in [0.3, 0.4) is 0 Å². The summed E-state index contributed by atoms with van der Waals surface area (Å²) in [5.41, 5.74) is 6.24. The lowest BCUT2D eigenvalue weighted by atomic mass is 10.3. The van der Waals surface area contributed by atoms with Crippen molar-refractivity contribution in [3.63, 3.8) is 0 Å². The highest BCUT2D eigenvalue weighted by Gasteiger charge is 2.34. The van der Waals surface area contributed by atoms with Gasteiger partial charge in [0, 0.05) is 13.8 Å². The lowest BCUT2D eigenvalue weighted by molar-refractivity contribution is -0.0428. The molecule has 1 aliphatic rings. The van der Waals surface area contributed by atoms with E-state index in [0.717, 1.165) is 0 Å². The first-order chi connectivity index (χ1) is 5.99. The summed E-state index contributed by atoms with van der Waals surface area (Å²) in [5.74, 6) is 0.394. The van der Waals surface area contributed by atoms with E-state index in [4.69, 9.17) is 26.8 Å². The zero-order chi connectivity index (χ0) is 9.64. The second-order valence-electron chi connectivity index (χ2n) is 3.40. The molecule has 0 aliphatic carbocycles. The molecule has 2 N–H and O–H groups in total. The fourth-order valence-corrected chi connectivity index (χ4v) is 1.45. The Labute approximate surface area is 81.4 Å². The zero-order valence-electron chi connectivity index (χ0n) is 7.43. The molecule has 1 aliphatic heterocycles. The molecular weight excluding hydrogens is 190 g/mol. The Hall–Kier alpha value is -1.09. The Morgan fingerprint density at radius 1 is 1.23 bits per heavy atom. The van der Waals surface area contributed by atoms with Gasteiger partial charge in [0.05, 0.1) is 10.7 Å². The summed E-state index contributed by atoms with van der Waals surface area (Å²) in [5, 5.41) is 0.523. The van der Waals surface area contributed by atoms with Gasteiger partial charge >= 0.3 is 0 Å². The summed E-state index contributed by atoms with van der Waals surface area (Å²) < 4.78 is 10.9. The predicted octanol–water partition coefficient (Wildman–Crippen LogP) is 2.43. The third-order valence-corrected chi connectivity index (χ3v) is 2.09. The Kier molecular flexibility index (Phi) is 1.60. The van der Waals surface area contributed by atoms with Crippen molar-refractivity contribution in [3.05, 3.63) is 17.2 Å². The van der Waals surface area contributed by atoms with Gasteiger partial charge in [-0.25, -0.2) is 0 Å². The van der Waals surface area contributed by atoms with E-state index in [9.17, 15) is 0 Å².